The van der Waals surface area contributed by atoms with Crippen LogP contribution in [0.15, 0.2) is 24.3 Å². The average molecular weight is 334 g/mol. The van der Waals surface area contributed by atoms with Crippen LogP contribution >= 0.6 is 0 Å². The van der Waals surface area contributed by atoms with Crippen molar-refractivity contribution in [1.29, 1.82) is 0 Å². The number of halogens is 1. The summed E-state index contributed by atoms with van der Waals surface area (Å²) in [7, 11) is 0. The standard InChI is InChI=1S/C15H19FN6O2/c1-9(2)8-17-15(24)18-14(23)10(3)22-20-13(19-21-22)11-5-4-6-12(16)7-11/h4-7,9-10H,8H2,1-3H3,(H2,17,18,23,24). The Morgan fingerprint density at radius 1 is 1.29 bits per heavy atom. The lowest BCUT2D eigenvalue weighted by molar-refractivity contribution is -0.123. The quantitative estimate of drug-likeness (QED) is 0.863. The summed E-state index contributed by atoms with van der Waals surface area (Å²) in [4.78, 5) is 24.7. The number of imide groups is 1. The summed E-state index contributed by atoms with van der Waals surface area (Å²) in [6, 6.07) is 4.32. The first-order valence-electron chi connectivity index (χ1n) is 7.51. The highest BCUT2D eigenvalue weighted by atomic mass is 19.1. The van der Waals surface area contributed by atoms with Crippen LogP contribution in [0.4, 0.5) is 9.18 Å². The molecular weight excluding hydrogens is 315 g/mol. The van der Waals surface area contributed by atoms with Crippen LogP contribution in [-0.4, -0.2) is 38.7 Å². The van der Waals surface area contributed by atoms with Crippen molar-refractivity contribution < 1.29 is 14.0 Å². The molecule has 0 fully saturated rings. The smallest absolute Gasteiger partial charge is 0.321 e. The summed E-state index contributed by atoms with van der Waals surface area (Å²) in [6.07, 6.45) is 0. The zero-order valence-corrected chi connectivity index (χ0v) is 13.7. The van der Waals surface area contributed by atoms with Crippen molar-refractivity contribution >= 4 is 11.9 Å². The van der Waals surface area contributed by atoms with E-state index in [2.05, 4.69) is 26.0 Å². The lowest BCUT2D eigenvalue weighted by Crippen LogP contribution is -2.43. The van der Waals surface area contributed by atoms with Gasteiger partial charge in [0.15, 0.2) is 0 Å². The highest BCUT2D eigenvalue weighted by molar-refractivity contribution is 5.95. The van der Waals surface area contributed by atoms with Crippen LogP contribution in [0.2, 0.25) is 0 Å². The van der Waals surface area contributed by atoms with Gasteiger partial charge in [0.1, 0.15) is 11.9 Å². The fourth-order valence-electron chi connectivity index (χ4n) is 1.79. The number of nitrogens with one attached hydrogen (secondary N) is 2. The second-order valence-corrected chi connectivity index (χ2v) is 5.71. The van der Waals surface area contributed by atoms with Gasteiger partial charge in [0.05, 0.1) is 0 Å². The molecule has 1 aromatic carbocycles. The van der Waals surface area contributed by atoms with Crippen molar-refractivity contribution in [3.05, 3.63) is 30.1 Å². The van der Waals surface area contributed by atoms with Gasteiger partial charge in [-0.1, -0.05) is 26.0 Å². The molecule has 2 N–H and O–H groups in total. The summed E-state index contributed by atoms with van der Waals surface area (Å²) in [6.45, 7) is 5.87. The fraction of sp³-hybridized carbons (Fsp3) is 0.400. The minimum atomic E-state index is -0.843. The van der Waals surface area contributed by atoms with Gasteiger partial charge in [0.2, 0.25) is 5.82 Å². The van der Waals surface area contributed by atoms with E-state index in [9.17, 15) is 14.0 Å². The third kappa shape index (κ3) is 4.58. The van der Waals surface area contributed by atoms with E-state index < -0.39 is 23.8 Å². The summed E-state index contributed by atoms with van der Waals surface area (Å²) < 4.78 is 13.2. The summed E-state index contributed by atoms with van der Waals surface area (Å²) in [5, 5.41) is 16.4. The van der Waals surface area contributed by atoms with Gasteiger partial charge >= 0.3 is 6.03 Å². The number of rotatable bonds is 5. The molecule has 0 bridgehead atoms. The van der Waals surface area contributed by atoms with Crippen LogP contribution in [0.5, 0.6) is 0 Å². The molecule has 0 saturated carbocycles. The van der Waals surface area contributed by atoms with Gasteiger partial charge in [0.25, 0.3) is 5.91 Å². The highest BCUT2D eigenvalue weighted by Crippen LogP contribution is 2.15. The number of hydrogen-bond donors (Lipinski definition) is 2. The number of nitrogens with zero attached hydrogens (tertiary/aromatic N) is 4. The Kier molecular flexibility index (Phi) is 5.56. The van der Waals surface area contributed by atoms with Crippen molar-refractivity contribution in [3.8, 4) is 11.4 Å². The van der Waals surface area contributed by atoms with E-state index >= 15 is 0 Å². The van der Waals surface area contributed by atoms with Gasteiger partial charge in [-0.15, -0.1) is 10.2 Å². The second-order valence-electron chi connectivity index (χ2n) is 5.71. The molecule has 1 atom stereocenters. The van der Waals surface area contributed by atoms with E-state index in [4.69, 9.17) is 0 Å². The minimum absolute atomic E-state index is 0.193. The predicted molar refractivity (Wildman–Crippen MR) is 84.3 cm³/mol. The van der Waals surface area contributed by atoms with Gasteiger partial charge in [0, 0.05) is 12.1 Å². The zero-order chi connectivity index (χ0) is 17.7. The number of tetrazole rings is 1. The molecule has 0 aliphatic heterocycles. The van der Waals surface area contributed by atoms with Crippen molar-refractivity contribution in [2.24, 2.45) is 5.92 Å². The molecule has 1 heterocycles. The molecule has 24 heavy (non-hydrogen) atoms. The summed E-state index contributed by atoms with van der Waals surface area (Å²) in [5.41, 5.74) is 0.448. The van der Waals surface area contributed by atoms with Crippen LogP contribution in [0.1, 0.15) is 26.8 Å². The SMILES string of the molecule is CC(C)CNC(=O)NC(=O)C(C)n1nnc(-c2cccc(F)c2)n1. The monoisotopic (exact) mass is 334 g/mol. The highest BCUT2D eigenvalue weighted by Gasteiger charge is 2.20. The average Bonchev–Trinajstić information content (AvgIpc) is 3.02. The van der Waals surface area contributed by atoms with Crippen molar-refractivity contribution in [2.45, 2.75) is 26.8 Å². The van der Waals surface area contributed by atoms with E-state index in [-0.39, 0.29) is 11.7 Å². The first-order chi connectivity index (χ1) is 11.4. The third-order valence-electron chi connectivity index (χ3n) is 3.14. The molecule has 0 aliphatic carbocycles. The topological polar surface area (TPSA) is 102 Å². The van der Waals surface area contributed by atoms with Crippen LogP contribution in [0.25, 0.3) is 11.4 Å². The van der Waals surface area contributed by atoms with E-state index in [1.807, 2.05) is 13.8 Å². The van der Waals surface area contributed by atoms with E-state index in [0.717, 1.165) is 4.80 Å². The number of amides is 3. The molecule has 8 nitrogen and oxygen atoms in total. The first kappa shape index (κ1) is 17.5. The number of urea groups is 1. The van der Waals surface area contributed by atoms with Crippen LogP contribution in [-0.2, 0) is 4.79 Å². The molecule has 0 saturated heterocycles. The lowest BCUT2D eigenvalue weighted by Gasteiger charge is -2.11. The van der Waals surface area contributed by atoms with E-state index in [0.29, 0.717) is 12.1 Å². The largest absolute Gasteiger partial charge is 0.338 e. The Hall–Kier alpha value is -2.84. The minimum Gasteiger partial charge on any atom is -0.338 e. The molecule has 1 aromatic heterocycles. The molecule has 0 aliphatic rings. The molecule has 3 amide bonds. The Labute approximate surface area is 138 Å². The van der Waals surface area contributed by atoms with E-state index in [1.165, 1.54) is 25.1 Å². The Morgan fingerprint density at radius 2 is 2.04 bits per heavy atom. The summed E-state index contributed by atoms with van der Waals surface area (Å²) in [5.74, 6) is -0.525. The number of benzene rings is 1. The second kappa shape index (κ2) is 7.62. The molecule has 0 radical (unpaired) electrons. The predicted octanol–water partition coefficient (Wildman–Crippen LogP) is 1.52. The molecule has 2 aromatic rings. The number of aromatic nitrogens is 4. The van der Waals surface area contributed by atoms with Crippen molar-refractivity contribution in [3.63, 3.8) is 0 Å². The van der Waals surface area contributed by atoms with Gasteiger partial charge in [-0.05, 0) is 30.2 Å². The molecule has 9 heteroatoms. The Balaban J connectivity index is 2.01. The molecule has 128 valence electrons. The molecular formula is C15H19FN6O2. The first-order valence-corrected chi connectivity index (χ1v) is 7.51. The third-order valence-corrected chi connectivity index (χ3v) is 3.14. The number of carbonyl (C=O) groups excluding carboxylic acids is 2. The molecule has 0 spiro atoms. The maximum absolute atomic E-state index is 13.2. The van der Waals surface area contributed by atoms with E-state index in [1.54, 1.807) is 6.07 Å². The number of hydrogen-bond acceptors (Lipinski definition) is 5. The Morgan fingerprint density at radius 3 is 2.71 bits per heavy atom. The molecule has 2 rings (SSSR count). The lowest BCUT2D eigenvalue weighted by atomic mass is 10.2. The zero-order valence-electron chi connectivity index (χ0n) is 13.7. The number of carbonyl (C=O) groups is 2. The normalized spacial score (nSPS) is 12.0. The van der Waals surface area contributed by atoms with Crippen molar-refractivity contribution in [2.75, 3.05) is 6.54 Å². The fourth-order valence-corrected chi connectivity index (χ4v) is 1.79. The van der Waals surface area contributed by atoms with Crippen molar-refractivity contribution in [1.82, 2.24) is 30.8 Å². The summed E-state index contributed by atoms with van der Waals surface area (Å²) >= 11 is 0. The van der Waals surface area contributed by atoms with Crippen LogP contribution < -0.4 is 10.6 Å². The van der Waals surface area contributed by atoms with Gasteiger partial charge in [-0.25, -0.2) is 9.18 Å². The van der Waals surface area contributed by atoms with Crippen LogP contribution in [0, 0.1) is 11.7 Å². The van der Waals surface area contributed by atoms with Crippen LogP contribution in [0.3, 0.4) is 0 Å². The van der Waals surface area contributed by atoms with Gasteiger partial charge in [-0.3, -0.25) is 10.1 Å². The maximum atomic E-state index is 13.2. The molecule has 1 unspecified atom stereocenters. The Bertz CT molecular complexity index is 730. The maximum Gasteiger partial charge on any atom is 0.321 e. The van der Waals surface area contributed by atoms with Gasteiger partial charge < -0.3 is 5.32 Å². The van der Waals surface area contributed by atoms with Gasteiger partial charge in [-0.2, -0.15) is 4.80 Å².